The van der Waals surface area contributed by atoms with Crippen LogP contribution in [0.1, 0.15) is 30.9 Å². The van der Waals surface area contributed by atoms with Crippen LogP contribution in [-0.4, -0.2) is 56.2 Å². The van der Waals surface area contributed by atoms with E-state index in [4.69, 9.17) is 19.2 Å². The van der Waals surface area contributed by atoms with Crippen LogP contribution in [0, 0.1) is 17.6 Å². The quantitative estimate of drug-likeness (QED) is 0.136. The standard InChI is InChI=1S/C34H32F2N4O5S/c1-4-23-25(35)13-12-21-14-22(45-18-43-2)15-24(27(21)23)30-29(36)31-28-32(39-34(38-31)46(3,41)42)40(16-19-8-6-5-7-9-19)26(20-10-11-20)17-44-33(28)37-30/h5-9,12-15,20,26H,4,10-11,16-18H2,1-3H3/t26-/m1/s1. The first-order valence-corrected chi connectivity index (χ1v) is 17.0. The molecule has 5 aromatic rings. The van der Waals surface area contributed by atoms with Gasteiger partial charge in [0, 0.05) is 25.5 Å². The topological polar surface area (TPSA) is 104 Å². The number of hydrogen-bond acceptors (Lipinski definition) is 9. The van der Waals surface area contributed by atoms with E-state index in [0.717, 1.165) is 24.7 Å². The van der Waals surface area contributed by atoms with Gasteiger partial charge in [0.1, 0.15) is 40.6 Å². The normalized spacial score (nSPS) is 16.5. The molecule has 2 aromatic heterocycles. The summed E-state index contributed by atoms with van der Waals surface area (Å²) in [6, 6.07) is 15.8. The molecule has 1 aliphatic carbocycles. The minimum Gasteiger partial charge on any atom is -0.475 e. The Kier molecular flexibility index (Phi) is 7.72. The first-order chi connectivity index (χ1) is 22.2. The Labute approximate surface area is 265 Å². The Morgan fingerprint density at radius 3 is 2.50 bits per heavy atom. The van der Waals surface area contributed by atoms with Crippen LogP contribution in [0.15, 0.2) is 59.8 Å². The second kappa shape index (κ2) is 11.7. The van der Waals surface area contributed by atoms with E-state index >= 15 is 8.78 Å². The summed E-state index contributed by atoms with van der Waals surface area (Å²) >= 11 is 0. The van der Waals surface area contributed by atoms with E-state index < -0.39 is 26.6 Å². The Morgan fingerprint density at radius 1 is 1.02 bits per heavy atom. The lowest BCUT2D eigenvalue weighted by Crippen LogP contribution is -2.40. The molecule has 0 N–H and O–H groups in total. The van der Waals surface area contributed by atoms with Gasteiger partial charge in [-0.15, -0.1) is 0 Å². The molecule has 1 atom stereocenters. The van der Waals surface area contributed by atoms with Crippen molar-refractivity contribution in [1.82, 2.24) is 15.0 Å². The molecule has 1 fully saturated rings. The maximum Gasteiger partial charge on any atom is 0.249 e. The predicted octanol–water partition coefficient (Wildman–Crippen LogP) is 6.25. The smallest absolute Gasteiger partial charge is 0.249 e. The van der Waals surface area contributed by atoms with Gasteiger partial charge >= 0.3 is 0 Å². The van der Waals surface area contributed by atoms with Crippen LogP contribution in [-0.2, 0) is 27.5 Å². The van der Waals surface area contributed by atoms with E-state index in [-0.39, 0.29) is 59.2 Å². The molecular weight excluding hydrogens is 614 g/mol. The van der Waals surface area contributed by atoms with Gasteiger partial charge in [0.2, 0.25) is 20.9 Å². The van der Waals surface area contributed by atoms with Crippen LogP contribution >= 0.6 is 0 Å². The van der Waals surface area contributed by atoms with Crippen molar-refractivity contribution in [2.24, 2.45) is 5.92 Å². The molecule has 238 valence electrons. The number of ether oxygens (including phenoxy) is 3. The second-order valence-electron chi connectivity index (χ2n) is 11.7. The second-order valence-corrected chi connectivity index (χ2v) is 13.6. The third-order valence-corrected chi connectivity index (χ3v) is 9.41. The summed E-state index contributed by atoms with van der Waals surface area (Å²) in [5.41, 5.74) is 1.19. The van der Waals surface area contributed by atoms with Crippen molar-refractivity contribution in [1.29, 1.82) is 0 Å². The highest BCUT2D eigenvalue weighted by molar-refractivity contribution is 7.90. The minimum absolute atomic E-state index is 0.0666. The molecule has 0 bridgehead atoms. The van der Waals surface area contributed by atoms with Crippen LogP contribution in [0.2, 0.25) is 0 Å². The summed E-state index contributed by atoms with van der Waals surface area (Å²) < 4.78 is 75.3. The number of fused-ring (bicyclic) bond motifs is 1. The highest BCUT2D eigenvalue weighted by atomic mass is 32.2. The van der Waals surface area contributed by atoms with Gasteiger partial charge in [0.25, 0.3) is 0 Å². The van der Waals surface area contributed by atoms with Gasteiger partial charge in [-0.2, -0.15) is 0 Å². The van der Waals surface area contributed by atoms with Crippen LogP contribution in [0.5, 0.6) is 11.6 Å². The molecule has 7 rings (SSSR count). The average molecular weight is 647 g/mol. The molecule has 3 aromatic carbocycles. The van der Waals surface area contributed by atoms with Crippen LogP contribution in [0.4, 0.5) is 14.6 Å². The molecule has 3 heterocycles. The number of benzene rings is 3. The van der Waals surface area contributed by atoms with E-state index in [1.807, 2.05) is 42.2 Å². The summed E-state index contributed by atoms with van der Waals surface area (Å²) in [6.45, 7) is 2.37. The zero-order chi connectivity index (χ0) is 32.2. The molecule has 0 amide bonds. The summed E-state index contributed by atoms with van der Waals surface area (Å²) in [7, 11) is -2.49. The summed E-state index contributed by atoms with van der Waals surface area (Å²) in [5, 5.41) is 0.746. The van der Waals surface area contributed by atoms with Crippen molar-refractivity contribution in [3.63, 3.8) is 0 Å². The highest BCUT2D eigenvalue weighted by Gasteiger charge is 2.41. The fourth-order valence-electron chi connectivity index (χ4n) is 6.25. The highest BCUT2D eigenvalue weighted by Crippen LogP contribution is 2.46. The number of aryl methyl sites for hydroxylation is 1. The van der Waals surface area contributed by atoms with Crippen LogP contribution in [0.25, 0.3) is 32.9 Å². The summed E-state index contributed by atoms with van der Waals surface area (Å²) in [4.78, 5) is 15.5. The van der Waals surface area contributed by atoms with E-state index in [2.05, 4.69) is 9.97 Å². The van der Waals surface area contributed by atoms with E-state index in [1.165, 1.54) is 13.2 Å². The first-order valence-electron chi connectivity index (χ1n) is 15.1. The molecule has 12 heteroatoms. The number of sulfone groups is 1. The lowest BCUT2D eigenvalue weighted by Gasteiger charge is -2.31. The van der Waals surface area contributed by atoms with Gasteiger partial charge in [0.05, 0.1) is 6.04 Å². The molecule has 0 unspecified atom stereocenters. The van der Waals surface area contributed by atoms with Crippen molar-refractivity contribution in [2.75, 3.05) is 31.7 Å². The monoisotopic (exact) mass is 646 g/mol. The zero-order valence-electron chi connectivity index (χ0n) is 25.6. The maximum absolute atomic E-state index is 17.1. The van der Waals surface area contributed by atoms with Crippen LogP contribution < -0.4 is 14.4 Å². The van der Waals surface area contributed by atoms with Gasteiger partial charge in [-0.1, -0.05) is 43.3 Å². The van der Waals surface area contributed by atoms with Crippen molar-refractivity contribution >= 4 is 37.3 Å². The van der Waals surface area contributed by atoms with Crippen molar-refractivity contribution in [3.05, 3.63) is 77.4 Å². The van der Waals surface area contributed by atoms with E-state index in [1.54, 1.807) is 18.2 Å². The van der Waals surface area contributed by atoms with E-state index in [9.17, 15) is 8.42 Å². The third-order valence-electron chi connectivity index (χ3n) is 8.56. The number of halogens is 2. The number of hydrogen-bond donors (Lipinski definition) is 0. The van der Waals surface area contributed by atoms with Gasteiger partial charge in [-0.3, -0.25) is 0 Å². The number of pyridine rings is 1. The lowest BCUT2D eigenvalue weighted by molar-refractivity contribution is 0.0512. The molecule has 1 aliphatic heterocycles. The van der Waals surface area contributed by atoms with Gasteiger partial charge in [-0.25, -0.2) is 32.2 Å². The molecular formula is C34H32F2N4O5S. The molecule has 2 aliphatic rings. The largest absolute Gasteiger partial charge is 0.475 e. The third kappa shape index (κ3) is 5.39. The van der Waals surface area contributed by atoms with E-state index in [0.29, 0.717) is 35.1 Å². The van der Waals surface area contributed by atoms with Gasteiger partial charge in [-0.05, 0) is 65.3 Å². The molecule has 9 nitrogen and oxygen atoms in total. The minimum atomic E-state index is -3.97. The summed E-state index contributed by atoms with van der Waals surface area (Å²) in [6.07, 6.45) is 3.27. The first kappa shape index (κ1) is 30.2. The Balaban J connectivity index is 1.54. The zero-order valence-corrected chi connectivity index (χ0v) is 26.4. The lowest BCUT2D eigenvalue weighted by atomic mass is 9.94. The number of rotatable bonds is 9. The molecule has 1 saturated carbocycles. The Morgan fingerprint density at radius 2 is 1.80 bits per heavy atom. The van der Waals surface area contributed by atoms with Gasteiger partial charge in [0.15, 0.2) is 12.6 Å². The summed E-state index contributed by atoms with van der Waals surface area (Å²) in [5.74, 6) is -0.355. The molecule has 46 heavy (non-hydrogen) atoms. The fraction of sp³-hybridized carbons (Fsp3) is 0.324. The molecule has 0 saturated heterocycles. The number of anilines is 1. The number of aromatic nitrogens is 3. The fourth-order valence-corrected chi connectivity index (χ4v) is 6.76. The average Bonchev–Trinajstić information content (AvgIpc) is 3.90. The number of nitrogens with zero attached hydrogens (tertiary/aromatic N) is 4. The van der Waals surface area contributed by atoms with Gasteiger partial charge < -0.3 is 19.1 Å². The Hall–Kier alpha value is -4.42. The maximum atomic E-state index is 17.1. The number of methoxy groups -OCH3 is 1. The SMILES string of the molecule is CCc1c(F)ccc2cc(OCOC)cc(-c3nc4c5c(nc(S(C)(=O)=O)nc5c3F)N(Cc3ccccc3)[C@@H](C3CC3)CO4)c12. The van der Waals surface area contributed by atoms with Crippen molar-refractivity contribution in [3.8, 4) is 22.9 Å². The predicted molar refractivity (Wildman–Crippen MR) is 170 cm³/mol. The molecule has 0 radical (unpaired) electrons. The Bertz CT molecular complexity index is 2090. The molecule has 0 spiro atoms. The van der Waals surface area contributed by atoms with Crippen molar-refractivity contribution < 1.29 is 31.4 Å². The van der Waals surface area contributed by atoms with Crippen molar-refractivity contribution in [2.45, 2.75) is 43.9 Å². The van der Waals surface area contributed by atoms with Crippen LogP contribution in [0.3, 0.4) is 0 Å².